The molecule has 21 heavy (non-hydrogen) atoms. The first-order valence-corrected chi connectivity index (χ1v) is 7.92. The second kappa shape index (κ2) is 6.97. The second-order valence-electron chi connectivity index (χ2n) is 6.00. The van der Waals surface area contributed by atoms with Gasteiger partial charge in [-0.3, -0.25) is 4.79 Å². The highest BCUT2D eigenvalue weighted by Crippen LogP contribution is 2.47. The van der Waals surface area contributed by atoms with E-state index in [0.717, 1.165) is 6.29 Å². The van der Waals surface area contributed by atoms with Gasteiger partial charge in [-0.25, -0.2) is 0 Å². The fraction of sp³-hybridized carbons (Fsp3) is 0.611. The summed E-state index contributed by atoms with van der Waals surface area (Å²) in [6.07, 6.45) is 9.47. The lowest BCUT2D eigenvalue weighted by atomic mass is 9.74. The van der Waals surface area contributed by atoms with Crippen LogP contribution < -0.4 is 9.47 Å². The molecule has 0 spiro atoms. The van der Waals surface area contributed by atoms with Gasteiger partial charge in [-0.2, -0.15) is 0 Å². The van der Waals surface area contributed by atoms with Gasteiger partial charge in [0.05, 0.1) is 19.8 Å². The van der Waals surface area contributed by atoms with Crippen molar-refractivity contribution >= 4 is 6.29 Å². The second-order valence-corrected chi connectivity index (χ2v) is 6.00. The molecule has 116 valence electrons. The van der Waals surface area contributed by atoms with E-state index >= 15 is 0 Å². The molecular formula is C18H26O3. The van der Waals surface area contributed by atoms with Gasteiger partial charge < -0.3 is 9.47 Å². The van der Waals surface area contributed by atoms with Crippen LogP contribution in [0.25, 0.3) is 0 Å². The Labute approximate surface area is 127 Å². The van der Waals surface area contributed by atoms with Gasteiger partial charge in [0.1, 0.15) is 11.5 Å². The van der Waals surface area contributed by atoms with E-state index in [9.17, 15) is 4.79 Å². The number of unbranched alkanes of at least 4 members (excludes halogenated alkanes) is 1. The molecule has 1 fully saturated rings. The number of benzene rings is 1. The molecule has 1 aliphatic rings. The van der Waals surface area contributed by atoms with Crippen LogP contribution in [-0.2, 0) is 5.41 Å². The van der Waals surface area contributed by atoms with Crippen LogP contribution in [0, 0.1) is 0 Å². The van der Waals surface area contributed by atoms with Gasteiger partial charge in [-0.05, 0) is 42.4 Å². The average molecular weight is 290 g/mol. The molecule has 1 aromatic rings. The topological polar surface area (TPSA) is 35.5 Å². The number of aldehydes is 1. The number of methoxy groups -OCH3 is 2. The molecule has 0 N–H and O–H groups in total. The number of carbonyl (C=O) groups excluding carboxylic acids is 1. The van der Waals surface area contributed by atoms with Gasteiger partial charge in [0.2, 0.25) is 0 Å². The molecule has 0 saturated heterocycles. The van der Waals surface area contributed by atoms with E-state index in [1.54, 1.807) is 14.2 Å². The molecule has 0 aromatic heterocycles. The van der Waals surface area contributed by atoms with Crippen molar-refractivity contribution in [2.24, 2.45) is 0 Å². The van der Waals surface area contributed by atoms with E-state index < -0.39 is 0 Å². The maximum atomic E-state index is 11.3. The molecule has 3 nitrogen and oxygen atoms in total. The molecule has 0 bridgehead atoms. The molecule has 3 heteroatoms. The van der Waals surface area contributed by atoms with Crippen LogP contribution >= 0.6 is 0 Å². The van der Waals surface area contributed by atoms with E-state index in [-0.39, 0.29) is 5.41 Å². The Morgan fingerprint density at radius 1 is 1.14 bits per heavy atom. The quantitative estimate of drug-likeness (QED) is 0.693. The summed E-state index contributed by atoms with van der Waals surface area (Å²) in [7, 11) is 3.22. The lowest BCUT2D eigenvalue weighted by molar-refractivity contribution is 0.111. The highest BCUT2D eigenvalue weighted by molar-refractivity contribution is 5.84. The van der Waals surface area contributed by atoms with Crippen LogP contribution in [0.2, 0.25) is 0 Å². The molecular weight excluding hydrogens is 264 g/mol. The van der Waals surface area contributed by atoms with Crippen LogP contribution in [0.1, 0.15) is 67.8 Å². The average Bonchev–Trinajstić information content (AvgIpc) is 3.01. The van der Waals surface area contributed by atoms with Gasteiger partial charge in [0, 0.05) is 0 Å². The van der Waals surface area contributed by atoms with Crippen molar-refractivity contribution in [1.82, 2.24) is 0 Å². The van der Waals surface area contributed by atoms with Crippen molar-refractivity contribution in [3.05, 3.63) is 23.3 Å². The molecule has 0 radical (unpaired) electrons. The summed E-state index contributed by atoms with van der Waals surface area (Å²) in [4.78, 5) is 11.3. The minimum Gasteiger partial charge on any atom is -0.496 e. The lowest BCUT2D eigenvalue weighted by Crippen LogP contribution is -2.22. The van der Waals surface area contributed by atoms with Gasteiger partial charge in [0.15, 0.2) is 6.29 Å². The summed E-state index contributed by atoms with van der Waals surface area (Å²) >= 11 is 0. The van der Waals surface area contributed by atoms with Crippen molar-refractivity contribution in [2.75, 3.05) is 14.2 Å². The minimum atomic E-state index is 0.234. The highest BCUT2D eigenvalue weighted by Gasteiger charge is 2.36. The van der Waals surface area contributed by atoms with Crippen molar-refractivity contribution in [1.29, 1.82) is 0 Å². The first kappa shape index (κ1) is 15.9. The molecule has 1 aliphatic carbocycles. The fourth-order valence-electron chi connectivity index (χ4n) is 3.61. The normalized spacial score (nSPS) is 16.7. The maximum absolute atomic E-state index is 11.3. The Kier molecular flexibility index (Phi) is 5.27. The third-order valence-corrected chi connectivity index (χ3v) is 4.84. The number of hydrogen-bond donors (Lipinski definition) is 0. The van der Waals surface area contributed by atoms with Crippen LogP contribution in [0.5, 0.6) is 11.5 Å². The number of hydrogen-bond acceptors (Lipinski definition) is 3. The van der Waals surface area contributed by atoms with Gasteiger partial charge >= 0.3 is 0 Å². The number of ether oxygens (including phenoxy) is 2. The SMILES string of the molecule is CCCCC1(c2cc(OC)c(C=O)c(OC)c2)CCCC1. The Hall–Kier alpha value is -1.51. The molecule has 1 saturated carbocycles. The Bertz CT molecular complexity index is 462. The summed E-state index contributed by atoms with van der Waals surface area (Å²) in [6, 6.07) is 4.10. The molecule has 0 unspecified atom stereocenters. The smallest absolute Gasteiger partial charge is 0.157 e. The molecule has 0 amide bonds. The molecule has 0 aliphatic heterocycles. The lowest BCUT2D eigenvalue weighted by Gasteiger charge is -2.31. The van der Waals surface area contributed by atoms with E-state index in [1.807, 2.05) is 12.1 Å². The Balaban J connectivity index is 2.47. The van der Waals surface area contributed by atoms with E-state index in [4.69, 9.17) is 9.47 Å². The summed E-state index contributed by atoms with van der Waals surface area (Å²) in [5.74, 6) is 1.25. The summed E-state index contributed by atoms with van der Waals surface area (Å²) in [5, 5.41) is 0. The van der Waals surface area contributed by atoms with Crippen molar-refractivity contribution < 1.29 is 14.3 Å². The number of carbonyl (C=O) groups is 1. The molecule has 1 aromatic carbocycles. The fourth-order valence-corrected chi connectivity index (χ4v) is 3.61. The van der Waals surface area contributed by atoms with Crippen molar-refractivity contribution in [3.63, 3.8) is 0 Å². The van der Waals surface area contributed by atoms with E-state index in [1.165, 1.54) is 50.5 Å². The predicted molar refractivity (Wildman–Crippen MR) is 84.6 cm³/mol. The van der Waals surface area contributed by atoms with E-state index in [2.05, 4.69) is 6.92 Å². The summed E-state index contributed by atoms with van der Waals surface area (Å²) in [5.41, 5.74) is 2.01. The zero-order chi connectivity index (χ0) is 15.3. The van der Waals surface area contributed by atoms with Crippen LogP contribution in [-0.4, -0.2) is 20.5 Å². The molecule has 0 atom stereocenters. The predicted octanol–water partition coefficient (Wildman–Crippen LogP) is 4.52. The zero-order valence-electron chi connectivity index (χ0n) is 13.4. The largest absolute Gasteiger partial charge is 0.496 e. The Morgan fingerprint density at radius 2 is 1.71 bits per heavy atom. The number of rotatable bonds is 7. The van der Waals surface area contributed by atoms with Crippen LogP contribution in [0.15, 0.2) is 12.1 Å². The minimum absolute atomic E-state index is 0.234. The third-order valence-electron chi connectivity index (χ3n) is 4.84. The van der Waals surface area contributed by atoms with Gasteiger partial charge in [0.25, 0.3) is 0 Å². The van der Waals surface area contributed by atoms with Crippen molar-refractivity contribution in [2.45, 2.75) is 57.3 Å². The van der Waals surface area contributed by atoms with Gasteiger partial charge in [-0.1, -0.05) is 32.6 Å². The van der Waals surface area contributed by atoms with Gasteiger partial charge in [-0.15, -0.1) is 0 Å². The zero-order valence-corrected chi connectivity index (χ0v) is 13.4. The van der Waals surface area contributed by atoms with Crippen molar-refractivity contribution in [3.8, 4) is 11.5 Å². The Morgan fingerprint density at radius 3 is 2.14 bits per heavy atom. The highest BCUT2D eigenvalue weighted by atomic mass is 16.5. The first-order valence-electron chi connectivity index (χ1n) is 7.92. The standard InChI is InChI=1S/C18H26O3/c1-4-5-8-18(9-6-7-10-18)14-11-16(20-2)15(13-19)17(12-14)21-3/h11-13H,4-10H2,1-3H3. The molecule has 0 heterocycles. The third kappa shape index (κ3) is 3.07. The first-order chi connectivity index (χ1) is 10.2. The van der Waals surface area contributed by atoms with Crippen LogP contribution in [0.3, 0.4) is 0 Å². The maximum Gasteiger partial charge on any atom is 0.157 e. The summed E-state index contributed by atoms with van der Waals surface area (Å²) in [6.45, 7) is 2.24. The molecule has 2 rings (SSSR count). The summed E-state index contributed by atoms with van der Waals surface area (Å²) < 4.78 is 10.8. The van der Waals surface area contributed by atoms with Crippen LogP contribution in [0.4, 0.5) is 0 Å². The van der Waals surface area contributed by atoms with E-state index in [0.29, 0.717) is 17.1 Å². The monoisotopic (exact) mass is 290 g/mol.